The summed E-state index contributed by atoms with van der Waals surface area (Å²) in [4.78, 5) is 0. The second kappa shape index (κ2) is 6.08. The first kappa shape index (κ1) is 13.2. The van der Waals surface area contributed by atoms with Gasteiger partial charge in [-0.05, 0) is 12.8 Å². The summed E-state index contributed by atoms with van der Waals surface area (Å²) in [5.41, 5.74) is 5.56. The Morgan fingerprint density at radius 3 is 3.11 bits per heavy atom. The van der Waals surface area contributed by atoms with Crippen molar-refractivity contribution < 1.29 is 5.21 Å². The van der Waals surface area contributed by atoms with Crippen molar-refractivity contribution in [2.45, 2.75) is 44.3 Å². The summed E-state index contributed by atoms with van der Waals surface area (Å²) in [5, 5.41) is 21.1. The lowest BCUT2D eigenvalue weighted by Crippen LogP contribution is -2.23. The zero-order valence-electron chi connectivity index (χ0n) is 10.5. The monoisotopic (exact) mass is 269 g/mol. The quantitative estimate of drug-likeness (QED) is 0.284. The number of fused-ring (bicyclic) bond motifs is 1. The van der Waals surface area contributed by atoms with Gasteiger partial charge in [-0.1, -0.05) is 30.3 Å². The fourth-order valence-corrected chi connectivity index (χ4v) is 2.97. The van der Waals surface area contributed by atoms with Crippen LogP contribution >= 0.6 is 11.8 Å². The SMILES string of the molecule is CC(CSc1nnc2n1CCCCC2)/C(N)=N/O. The van der Waals surface area contributed by atoms with Gasteiger partial charge in [0, 0.05) is 24.6 Å². The minimum atomic E-state index is 0.0266. The Morgan fingerprint density at radius 2 is 2.33 bits per heavy atom. The van der Waals surface area contributed by atoms with Gasteiger partial charge in [0.25, 0.3) is 0 Å². The van der Waals surface area contributed by atoms with Crippen molar-refractivity contribution in [1.29, 1.82) is 0 Å². The van der Waals surface area contributed by atoms with Crippen molar-refractivity contribution in [2.24, 2.45) is 16.8 Å². The van der Waals surface area contributed by atoms with Gasteiger partial charge < -0.3 is 15.5 Å². The highest BCUT2D eigenvalue weighted by Crippen LogP contribution is 2.23. The molecule has 1 aromatic heterocycles. The molecule has 6 nitrogen and oxygen atoms in total. The van der Waals surface area contributed by atoms with E-state index in [0.29, 0.717) is 0 Å². The molecular formula is C11H19N5OS. The number of oxime groups is 1. The molecule has 0 bridgehead atoms. The Bertz CT molecular complexity index is 431. The third-order valence-electron chi connectivity index (χ3n) is 3.16. The molecule has 1 atom stereocenters. The Balaban J connectivity index is 2.00. The fraction of sp³-hybridized carbons (Fsp3) is 0.727. The number of rotatable bonds is 4. The average molecular weight is 269 g/mol. The molecule has 1 unspecified atom stereocenters. The lowest BCUT2D eigenvalue weighted by atomic mass is 10.2. The number of nitrogens with zero attached hydrogens (tertiary/aromatic N) is 4. The zero-order valence-corrected chi connectivity index (χ0v) is 11.4. The summed E-state index contributed by atoms with van der Waals surface area (Å²) < 4.78 is 2.21. The van der Waals surface area contributed by atoms with Crippen LogP contribution in [0.25, 0.3) is 0 Å². The summed E-state index contributed by atoms with van der Waals surface area (Å²) in [6.45, 7) is 2.93. The minimum absolute atomic E-state index is 0.0266. The molecule has 0 radical (unpaired) electrons. The number of nitrogens with two attached hydrogens (primary N) is 1. The Labute approximate surface area is 111 Å². The van der Waals surface area contributed by atoms with E-state index < -0.39 is 0 Å². The van der Waals surface area contributed by atoms with E-state index >= 15 is 0 Å². The van der Waals surface area contributed by atoms with Crippen LogP contribution in [0, 0.1) is 5.92 Å². The van der Waals surface area contributed by atoms with Crippen molar-refractivity contribution in [3.05, 3.63) is 5.82 Å². The summed E-state index contributed by atoms with van der Waals surface area (Å²) in [7, 11) is 0. The molecule has 0 saturated heterocycles. The van der Waals surface area contributed by atoms with Crippen molar-refractivity contribution in [3.8, 4) is 0 Å². The molecule has 7 heteroatoms. The van der Waals surface area contributed by atoms with Gasteiger partial charge in [0.1, 0.15) is 11.7 Å². The lowest BCUT2D eigenvalue weighted by Gasteiger charge is -2.10. The van der Waals surface area contributed by atoms with Crippen molar-refractivity contribution in [2.75, 3.05) is 5.75 Å². The van der Waals surface area contributed by atoms with Crippen LogP contribution in [0.4, 0.5) is 0 Å². The van der Waals surface area contributed by atoms with Crippen LogP contribution in [0.3, 0.4) is 0 Å². The Kier molecular flexibility index (Phi) is 4.46. The van der Waals surface area contributed by atoms with Gasteiger partial charge in [0.05, 0.1) is 0 Å². The second-order valence-electron chi connectivity index (χ2n) is 4.60. The maximum atomic E-state index is 8.61. The van der Waals surface area contributed by atoms with E-state index in [4.69, 9.17) is 10.9 Å². The summed E-state index contributed by atoms with van der Waals surface area (Å²) >= 11 is 1.62. The number of aromatic nitrogens is 3. The van der Waals surface area contributed by atoms with Crippen LogP contribution in [0.15, 0.2) is 10.3 Å². The maximum Gasteiger partial charge on any atom is 0.191 e. The highest BCUT2D eigenvalue weighted by Gasteiger charge is 2.16. The number of thioether (sulfide) groups is 1. The predicted molar refractivity (Wildman–Crippen MR) is 70.9 cm³/mol. The molecule has 3 N–H and O–H groups in total. The van der Waals surface area contributed by atoms with E-state index in [1.165, 1.54) is 19.3 Å². The highest BCUT2D eigenvalue weighted by atomic mass is 32.2. The number of aryl methyl sites for hydroxylation is 1. The molecule has 1 aliphatic rings. The average Bonchev–Trinajstić information content (AvgIpc) is 2.62. The van der Waals surface area contributed by atoms with Crippen LogP contribution in [0.1, 0.15) is 32.0 Å². The normalized spacial score (nSPS) is 18.2. The highest BCUT2D eigenvalue weighted by molar-refractivity contribution is 7.99. The molecule has 0 aliphatic carbocycles. The van der Waals surface area contributed by atoms with Crippen LogP contribution in [0.5, 0.6) is 0 Å². The molecule has 2 heterocycles. The van der Waals surface area contributed by atoms with Crippen molar-refractivity contribution in [3.63, 3.8) is 0 Å². The van der Waals surface area contributed by atoms with E-state index in [9.17, 15) is 0 Å². The van der Waals surface area contributed by atoms with Crippen LogP contribution < -0.4 is 5.73 Å². The Hall–Kier alpha value is -1.24. The second-order valence-corrected chi connectivity index (χ2v) is 5.59. The smallest absolute Gasteiger partial charge is 0.191 e. The molecule has 2 rings (SSSR count). The zero-order chi connectivity index (χ0) is 13.0. The molecule has 18 heavy (non-hydrogen) atoms. The molecular weight excluding hydrogens is 250 g/mol. The maximum absolute atomic E-state index is 8.61. The van der Waals surface area contributed by atoms with Gasteiger partial charge >= 0.3 is 0 Å². The van der Waals surface area contributed by atoms with Crippen LogP contribution in [-0.2, 0) is 13.0 Å². The van der Waals surface area contributed by atoms with Gasteiger partial charge in [-0.3, -0.25) is 0 Å². The van der Waals surface area contributed by atoms with E-state index in [0.717, 1.165) is 29.7 Å². The van der Waals surface area contributed by atoms with E-state index in [1.807, 2.05) is 6.92 Å². The summed E-state index contributed by atoms with van der Waals surface area (Å²) in [6, 6.07) is 0. The molecule has 0 fully saturated rings. The molecule has 0 saturated carbocycles. The first-order valence-electron chi connectivity index (χ1n) is 6.24. The first-order valence-corrected chi connectivity index (χ1v) is 7.23. The number of hydrogen-bond acceptors (Lipinski definition) is 5. The molecule has 0 amide bonds. The third-order valence-corrected chi connectivity index (χ3v) is 4.39. The number of amidine groups is 1. The summed E-state index contributed by atoms with van der Waals surface area (Å²) in [6.07, 6.45) is 4.66. The van der Waals surface area contributed by atoms with Gasteiger partial charge in [0.15, 0.2) is 5.16 Å². The van der Waals surface area contributed by atoms with Crippen molar-refractivity contribution >= 4 is 17.6 Å². The van der Waals surface area contributed by atoms with Crippen LogP contribution in [-0.4, -0.2) is 31.6 Å². The van der Waals surface area contributed by atoms with Gasteiger partial charge in [-0.25, -0.2) is 0 Å². The first-order chi connectivity index (χ1) is 8.72. The Morgan fingerprint density at radius 1 is 1.50 bits per heavy atom. The van der Waals surface area contributed by atoms with E-state index in [2.05, 4.69) is 19.9 Å². The molecule has 0 spiro atoms. The van der Waals surface area contributed by atoms with Crippen molar-refractivity contribution in [1.82, 2.24) is 14.8 Å². The molecule has 1 aromatic rings. The topological polar surface area (TPSA) is 89.3 Å². The molecule has 100 valence electrons. The third kappa shape index (κ3) is 2.95. The summed E-state index contributed by atoms with van der Waals surface area (Å²) in [5.74, 6) is 2.12. The molecule has 0 aromatic carbocycles. The fourth-order valence-electron chi connectivity index (χ4n) is 1.95. The van der Waals surface area contributed by atoms with Crippen LogP contribution in [0.2, 0.25) is 0 Å². The molecule has 1 aliphatic heterocycles. The van der Waals surface area contributed by atoms with Gasteiger partial charge in [0.2, 0.25) is 0 Å². The standard InChI is InChI=1S/C11H19N5OS/c1-8(10(12)15-17)7-18-11-14-13-9-5-3-2-4-6-16(9)11/h8,17H,2-7H2,1H3,(H2,12,15). The largest absolute Gasteiger partial charge is 0.409 e. The minimum Gasteiger partial charge on any atom is -0.409 e. The predicted octanol–water partition coefficient (Wildman–Crippen LogP) is 1.48. The number of hydrogen-bond donors (Lipinski definition) is 2. The lowest BCUT2D eigenvalue weighted by molar-refractivity contribution is 0.315. The van der Waals surface area contributed by atoms with E-state index in [1.54, 1.807) is 11.8 Å². The van der Waals surface area contributed by atoms with E-state index in [-0.39, 0.29) is 11.8 Å². The van der Waals surface area contributed by atoms with Gasteiger partial charge in [-0.15, -0.1) is 10.2 Å². The van der Waals surface area contributed by atoms with Gasteiger partial charge in [-0.2, -0.15) is 0 Å².